The Morgan fingerprint density at radius 3 is 1.78 bits per heavy atom. The lowest BCUT2D eigenvalue weighted by Crippen LogP contribution is -2.44. The second-order valence-electron chi connectivity index (χ2n) is 13.7. The van der Waals surface area contributed by atoms with Crippen LogP contribution < -0.4 is 0 Å². The van der Waals surface area contributed by atoms with Gasteiger partial charge in [-0.1, -0.05) is 25.5 Å². The number of carbonyl (C=O) groups excluding carboxylic acids is 3. The fourth-order valence-corrected chi connectivity index (χ4v) is 4.04. The molecule has 1 aliphatic rings. The molecule has 8 nitrogen and oxygen atoms in total. The maximum atomic E-state index is 14.2. The first-order chi connectivity index (χ1) is 18.5. The summed E-state index contributed by atoms with van der Waals surface area (Å²) in [7, 11) is -0.714. The van der Waals surface area contributed by atoms with Gasteiger partial charge in [-0.15, -0.1) is 0 Å². The Kier molecular flexibility index (Phi) is 12.3. The highest BCUT2D eigenvalue weighted by Gasteiger charge is 2.52. The molecule has 2 amide bonds. The third kappa shape index (κ3) is 10.1. The molecule has 0 radical (unpaired) electrons. The van der Waals surface area contributed by atoms with Gasteiger partial charge in [-0.3, -0.25) is 9.59 Å². The number of hydrogen-bond acceptors (Lipinski definition) is 7. The number of imide groups is 1. The van der Waals surface area contributed by atoms with Gasteiger partial charge in [0.15, 0.2) is 0 Å². The topological polar surface area (TPSA) is 91.4 Å². The van der Waals surface area contributed by atoms with Crippen LogP contribution in [0.15, 0.2) is 34.5 Å². The molecule has 0 saturated carbocycles. The van der Waals surface area contributed by atoms with Gasteiger partial charge in [0.05, 0.1) is 23.3 Å². The molecule has 232 valence electrons. The Morgan fingerprint density at radius 1 is 0.902 bits per heavy atom. The predicted molar refractivity (Wildman–Crippen MR) is 164 cm³/mol. The van der Waals surface area contributed by atoms with E-state index in [-0.39, 0.29) is 6.42 Å². The summed E-state index contributed by atoms with van der Waals surface area (Å²) in [4.78, 5) is 41.9. The molecular weight excluding hydrogens is 521 g/mol. The second-order valence-corrected chi connectivity index (χ2v) is 13.7. The lowest BCUT2D eigenvalue weighted by atomic mass is 9.77. The summed E-state index contributed by atoms with van der Waals surface area (Å²) < 4.78 is 23.9. The fraction of sp³-hybridized carbons (Fsp3) is 0.719. The van der Waals surface area contributed by atoms with Crippen LogP contribution >= 0.6 is 0 Å². The Balaban J connectivity index is 3.82. The van der Waals surface area contributed by atoms with Crippen molar-refractivity contribution in [1.29, 1.82) is 0 Å². The molecule has 9 heteroatoms. The third-order valence-corrected chi connectivity index (χ3v) is 7.43. The van der Waals surface area contributed by atoms with Gasteiger partial charge in [-0.05, 0) is 120 Å². The van der Waals surface area contributed by atoms with Crippen LogP contribution in [-0.4, -0.2) is 52.4 Å². The van der Waals surface area contributed by atoms with Gasteiger partial charge in [-0.25, -0.2) is 9.69 Å². The van der Waals surface area contributed by atoms with Crippen molar-refractivity contribution in [3.05, 3.63) is 34.5 Å². The average molecular weight is 576 g/mol. The van der Waals surface area contributed by atoms with Gasteiger partial charge < -0.3 is 18.8 Å². The van der Waals surface area contributed by atoms with Crippen LogP contribution in [0.2, 0.25) is 0 Å². The molecule has 1 saturated heterocycles. The van der Waals surface area contributed by atoms with E-state index in [0.29, 0.717) is 24.0 Å². The molecule has 0 aromatic carbocycles. The van der Waals surface area contributed by atoms with Crippen LogP contribution in [0.3, 0.4) is 0 Å². The molecule has 0 aliphatic carbocycles. The van der Waals surface area contributed by atoms with Crippen molar-refractivity contribution in [1.82, 2.24) is 4.90 Å². The summed E-state index contributed by atoms with van der Waals surface area (Å²) >= 11 is 0. The van der Waals surface area contributed by atoms with Crippen molar-refractivity contribution >= 4 is 25.1 Å². The Bertz CT molecular complexity index is 1050. The molecule has 41 heavy (non-hydrogen) atoms. The lowest BCUT2D eigenvalue weighted by molar-refractivity contribution is -0.158. The second kappa shape index (κ2) is 13.7. The Hall–Kier alpha value is -2.39. The molecule has 1 unspecified atom stereocenters. The fourth-order valence-electron chi connectivity index (χ4n) is 4.04. The SMILES string of the molecule is CC=C(C=C(C(C)=C(C)CC)N(C(=O)OC(C)(C)C)C(=O)C(CC)CC(=O)OC(C)(C)C)B1OC(C)(C)C(C)(C)O1. The van der Waals surface area contributed by atoms with Gasteiger partial charge in [0, 0.05) is 5.92 Å². The van der Waals surface area contributed by atoms with E-state index in [0.717, 1.165) is 16.0 Å². The molecule has 0 bridgehead atoms. The summed E-state index contributed by atoms with van der Waals surface area (Å²) in [5.41, 5.74) is 0.0293. The number of ether oxygens (including phenoxy) is 2. The monoisotopic (exact) mass is 575 g/mol. The highest BCUT2D eigenvalue weighted by atomic mass is 16.7. The van der Waals surface area contributed by atoms with Crippen molar-refractivity contribution in [2.45, 2.75) is 146 Å². The lowest BCUT2D eigenvalue weighted by Gasteiger charge is -2.32. The standard InChI is InChI=1S/C32H54BNO7/c1-16-21(4)22(5)25(20-24(18-3)33-40-31(12,13)32(14,15)41-33)34(28(37)39-30(9,10)11)27(36)23(17-2)19-26(35)38-29(6,7)8/h18,20,23H,16-17,19H2,1-15H3. The van der Waals surface area contributed by atoms with Gasteiger partial charge in [0.1, 0.15) is 11.2 Å². The quantitative estimate of drug-likeness (QED) is 0.158. The number of allylic oxidation sites excluding steroid dienone is 5. The molecule has 0 aromatic heterocycles. The minimum absolute atomic E-state index is 0.164. The molecular formula is C32H54BNO7. The van der Waals surface area contributed by atoms with Gasteiger partial charge in [0.25, 0.3) is 0 Å². The third-order valence-electron chi connectivity index (χ3n) is 7.43. The smallest absolute Gasteiger partial charge is 0.460 e. The van der Waals surface area contributed by atoms with Crippen LogP contribution in [-0.2, 0) is 28.4 Å². The van der Waals surface area contributed by atoms with Gasteiger partial charge in [0.2, 0.25) is 5.91 Å². The maximum Gasteiger partial charge on any atom is 0.494 e. The molecule has 0 spiro atoms. The normalized spacial score (nSPS) is 19.0. The van der Waals surface area contributed by atoms with Crippen LogP contribution in [0.4, 0.5) is 4.79 Å². The maximum absolute atomic E-state index is 14.2. The summed E-state index contributed by atoms with van der Waals surface area (Å²) in [6.45, 7) is 28.0. The Labute approximate surface area is 249 Å². The van der Waals surface area contributed by atoms with Gasteiger partial charge >= 0.3 is 19.2 Å². The minimum Gasteiger partial charge on any atom is -0.460 e. The molecule has 1 heterocycles. The first-order valence-electron chi connectivity index (χ1n) is 14.7. The zero-order valence-corrected chi connectivity index (χ0v) is 28.2. The molecule has 1 aliphatic heterocycles. The van der Waals surface area contributed by atoms with E-state index in [9.17, 15) is 14.4 Å². The van der Waals surface area contributed by atoms with E-state index in [1.54, 1.807) is 47.6 Å². The van der Waals surface area contributed by atoms with Gasteiger partial charge in [-0.2, -0.15) is 0 Å². The summed E-state index contributed by atoms with van der Waals surface area (Å²) in [6, 6.07) is 0. The highest BCUT2D eigenvalue weighted by Crippen LogP contribution is 2.39. The van der Waals surface area contributed by atoms with Crippen molar-refractivity contribution in [3.63, 3.8) is 0 Å². The summed E-state index contributed by atoms with van der Waals surface area (Å²) in [5.74, 6) is -1.84. The molecule has 1 atom stereocenters. The summed E-state index contributed by atoms with van der Waals surface area (Å²) in [5, 5.41) is 0. The number of rotatable bonds is 9. The van der Waals surface area contributed by atoms with E-state index >= 15 is 0 Å². The van der Waals surface area contributed by atoms with Crippen LogP contribution in [0.1, 0.15) is 123 Å². The molecule has 0 aromatic rings. The summed E-state index contributed by atoms with van der Waals surface area (Å²) in [6.07, 6.45) is 3.67. The number of hydrogen-bond donors (Lipinski definition) is 0. The van der Waals surface area contributed by atoms with Crippen molar-refractivity contribution in [2.24, 2.45) is 5.92 Å². The zero-order chi connectivity index (χ0) is 32.1. The molecule has 1 fully saturated rings. The predicted octanol–water partition coefficient (Wildman–Crippen LogP) is 7.72. The number of nitrogens with zero attached hydrogens (tertiary/aromatic N) is 1. The largest absolute Gasteiger partial charge is 0.494 e. The minimum atomic E-state index is -0.861. The first kappa shape index (κ1) is 36.6. The van der Waals surface area contributed by atoms with Crippen LogP contribution in [0.5, 0.6) is 0 Å². The van der Waals surface area contributed by atoms with Crippen LogP contribution in [0, 0.1) is 5.92 Å². The zero-order valence-electron chi connectivity index (χ0n) is 28.2. The van der Waals surface area contributed by atoms with Crippen molar-refractivity contribution in [2.75, 3.05) is 0 Å². The molecule has 1 rings (SSSR count). The molecule has 0 N–H and O–H groups in total. The van der Waals surface area contributed by atoms with E-state index in [4.69, 9.17) is 18.8 Å². The van der Waals surface area contributed by atoms with E-state index < -0.39 is 53.4 Å². The highest BCUT2D eigenvalue weighted by molar-refractivity contribution is 6.55. The van der Waals surface area contributed by atoms with E-state index in [2.05, 4.69) is 0 Å². The van der Waals surface area contributed by atoms with E-state index in [1.165, 1.54) is 0 Å². The van der Waals surface area contributed by atoms with E-state index in [1.807, 2.05) is 68.4 Å². The van der Waals surface area contributed by atoms with Crippen molar-refractivity contribution < 1.29 is 33.2 Å². The van der Waals surface area contributed by atoms with Crippen LogP contribution in [0.25, 0.3) is 0 Å². The number of carbonyl (C=O) groups is 3. The first-order valence-corrected chi connectivity index (χ1v) is 14.7. The number of amides is 2. The Morgan fingerprint density at radius 2 is 1.39 bits per heavy atom. The average Bonchev–Trinajstić information content (AvgIpc) is 3.02. The number of esters is 1. The van der Waals surface area contributed by atoms with Crippen molar-refractivity contribution in [3.8, 4) is 0 Å².